The van der Waals surface area contributed by atoms with Gasteiger partial charge in [-0.15, -0.1) is 0 Å². The summed E-state index contributed by atoms with van der Waals surface area (Å²) in [6.07, 6.45) is 5.10. The van der Waals surface area contributed by atoms with E-state index in [1.807, 2.05) is 24.3 Å². The fraction of sp³-hybridized carbons (Fsp3) is 0.391. The zero-order valence-electron chi connectivity index (χ0n) is 15.9. The quantitative estimate of drug-likeness (QED) is 0.683. The van der Waals surface area contributed by atoms with Crippen molar-refractivity contribution in [2.24, 2.45) is 0 Å². The molecule has 1 aromatic heterocycles. The molecule has 0 N–H and O–H groups in total. The van der Waals surface area contributed by atoms with Crippen LogP contribution < -0.4 is 5.56 Å². The molecular weight excluding hydrogens is 334 g/mol. The van der Waals surface area contributed by atoms with E-state index in [-0.39, 0.29) is 5.56 Å². The lowest BCUT2D eigenvalue weighted by atomic mass is 9.94. The van der Waals surface area contributed by atoms with Gasteiger partial charge < -0.3 is 9.47 Å². The van der Waals surface area contributed by atoms with Crippen LogP contribution in [0.2, 0.25) is 0 Å². The minimum atomic E-state index is -0.132. The van der Waals surface area contributed by atoms with Crippen LogP contribution in [-0.2, 0) is 0 Å². The molecule has 4 heteroatoms. The van der Waals surface area contributed by atoms with Crippen molar-refractivity contribution < 1.29 is 0 Å². The summed E-state index contributed by atoms with van der Waals surface area (Å²) in [4.78, 5) is 18.7. The standard InChI is InChI=1S/C23H27N3O/c1-2-18(19-8-4-3-5-9-19)16-25-14-12-20(13-15-25)26-17-24-23(27)21-10-6-7-11-22(21)26/h3-11,17-18,20H,2,12-16H2,1H3. The molecule has 4 nitrogen and oxygen atoms in total. The molecular formula is C23H27N3O. The molecule has 0 aliphatic carbocycles. The van der Waals surface area contributed by atoms with Crippen molar-refractivity contribution in [3.63, 3.8) is 0 Å². The van der Waals surface area contributed by atoms with E-state index < -0.39 is 0 Å². The summed E-state index contributed by atoms with van der Waals surface area (Å²) in [5.41, 5.74) is 2.32. The van der Waals surface area contributed by atoms with Gasteiger partial charge in [0.25, 0.3) is 5.56 Å². The van der Waals surface area contributed by atoms with Crippen LogP contribution in [0.4, 0.5) is 0 Å². The molecule has 1 saturated heterocycles. The number of fused-ring (bicyclic) bond motifs is 1. The zero-order chi connectivity index (χ0) is 18.6. The molecule has 3 aromatic rings. The molecule has 0 amide bonds. The minimum absolute atomic E-state index is 0.132. The maximum absolute atomic E-state index is 12.0. The fourth-order valence-electron chi connectivity index (χ4n) is 4.30. The smallest absolute Gasteiger partial charge is 0.280 e. The van der Waals surface area contributed by atoms with Gasteiger partial charge in [0.1, 0.15) is 0 Å². The number of benzene rings is 2. The predicted octanol–water partition coefficient (Wildman–Crippen LogP) is 4.23. The SMILES string of the molecule is CCC(CN1CCC(n2cnc(=O)c3ccccc32)CC1)c1ccccc1. The number of rotatable bonds is 5. The summed E-state index contributed by atoms with van der Waals surface area (Å²) in [6, 6.07) is 19.1. The van der Waals surface area contributed by atoms with Crippen LogP contribution in [-0.4, -0.2) is 34.1 Å². The van der Waals surface area contributed by atoms with Gasteiger partial charge in [-0.25, -0.2) is 0 Å². The van der Waals surface area contributed by atoms with Crippen LogP contribution in [0.1, 0.15) is 43.7 Å². The number of nitrogens with zero attached hydrogens (tertiary/aromatic N) is 3. The Morgan fingerprint density at radius 1 is 1.04 bits per heavy atom. The monoisotopic (exact) mass is 361 g/mol. The normalized spacial score (nSPS) is 17.2. The van der Waals surface area contributed by atoms with Crippen molar-refractivity contribution >= 4 is 10.9 Å². The van der Waals surface area contributed by atoms with Crippen molar-refractivity contribution in [3.05, 3.63) is 76.8 Å². The third kappa shape index (κ3) is 3.81. The lowest BCUT2D eigenvalue weighted by Gasteiger charge is -2.35. The molecule has 4 rings (SSSR count). The second-order valence-corrected chi connectivity index (χ2v) is 7.52. The van der Waals surface area contributed by atoms with E-state index in [1.54, 1.807) is 6.33 Å². The molecule has 0 radical (unpaired) electrons. The highest BCUT2D eigenvalue weighted by Crippen LogP contribution is 2.28. The molecule has 1 aliphatic heterocycles. The maximum Gasteiger partial charge on any atom is 0.280 e. The Hall–Kier alpha value is -2.46. The molecule has 0 spiro atoms. The lowest BCUT2D eigenvalue weighted by Crippen LogP contribution is -2.37. The Morgan fingerprint density at radius 2 is 1.74 bits per heavy atom. The second-order valence-electron chi connectivity index (χ2n) is 7.52. The molecule has 1 aliphatic rings. The van der Waals surface area contributed by atoms with Crippen LogP contribution >= 0.6 is 0 Å². The van der Waals surface area contributed by atoms with Crippen LogP contribution in [0.15, 0.2) is 65.7 Å². The summed E-state index contributed by atoms with van der Waals surface area (Å²) in [5.74, 6) is 0.595. The van der Waals surface area contributed by atoms with Gasteiger partial charge in [-0.2, -0.15) is 4.98 Å². The predicted molar refractivity (Wildman–Crippen MR) is 110 cm³/mol. The van der Waals surface area contributed by atoms with Crippen molar-refractivity contribution in [2.45, 2.75) is 38.1 Å². The van der Waals surface area contributed by atoms with Crippen molar-refractivity contribution in [1.29, 1.82) is 0 Å². The third-order valence-corrected chi connectivity index (χ3v) is 5.90. The van der Waals surface area contributed by atoms with Crippen molar-refractivity contribution in [3.8, 4) is 0 Å². The fourth-order valence-corrected chi connectivity index (χ4v) is 4.30. The molecule has 2 aromatic carbocycles. The summed E-state index contributed by atoms with van der Waals surface area (Å²) >= 11 is 0. The Kier molecular flexibility index (Phi) is 5.35. The molecule has 2 heterocycles. The molecule has 1 atom stereocenters. The largest absolute Gasteiger partial charge is 0.328 e. The average Bonchev–Trinajstić information content (AvgIpc) is 2.74. The number of likely N-dealkylation sites (tertiary alicyclic amines) is 1. The van der Waals surface area contributed by atoms with E-state index >= 15 is 0 Å². The first-order valence-corrected chi connectivity index (χ1v) is 9.99. The number of hydrogen-bond acceptors (Lipinski definition) is 3. The van der Waals surface area contributed by atoms with Crippen LogP contribution in [0.5, 0.6) is 0 Å². The summed E-state index contributed by atoms with van der Waals surface area (Å²) in [7, 11) is 0. The van der Waals surface area contributed by atoms with Gasteiger partial charge in [-0.05, 0) is 42.9 Å². The van der Waals surface area contributed by atoms with Gasteiger partial charge in [0.15, 0.2) is 0 Å². The van der Waals surface area contributed by atoms with E-state index in [1.165, 1.54) is 5.56 Å². The summed E-state index contributed by atoms with van der Waals surface area (Å²) < 4.78 is 2.21. The van der Waals surface area contributed by atoms with E-state index in [9.17, 15) is 4.79 Å². The van der Waals surface area contributed by atoms with E-state index in [4.69, 9.17) is 0 Å². The van der Waals surface area contributed by atoms with Gasteiger partial charge in [-0.3, -0.25) is 4.79 Å². The van der Waals surface area contributed by atoms with E-state index in [0.717, 1.165) is 49.8 Å². The molecule has 1 fully saturated rings. The first-order chi connectivity index (χ1) is 13.3. The van der Waals surface area contributed by atoms with Crippen molar-refractivity contribution in [2.75, 3.05) is 19.6 Å². The Morgan fingerprint density at radius 3 is 2.48 bits per heavy atom. The molecule has 0 saturated carbocycles. The highest BCUT2D eigenvalue weighted by molar-refractivity contribution is 5.77. The zero-order valence-corrected chi connectivity index (χ0v) is 15.9. The number of piperidine rings is 1. The van der Waals surface area contributed by atoms with Crippen molar-refractivity contribution in [1.82, 2.24) is 14.5 Å². The number of hydrogen-bond donors (Lipinski definition) is 0. The van der Waals surface area contributed by atoms with Crippen LogP contribution in [0, 0.1) is 0 Å². The topological polar surface area (TPSA) is 38.1 Å². The third-order valence-electron chi connectivity index (χ3n) is 5.90. The summed E-state index contributed by atoms with van der Waals surface area (Å²) in [5, 5.41) is 0.720. The molecule has 140 valence electrons. The van der Waals surface area contributed by atoms with E-state index in [2.05, 4.69) is 51.7 Å². The lowest BCUT2D eigenvalue weighted by molar-refractivity contribution is 0.177. The number of aromatic nitrogens is 2. The second kappa shape index (κ2) is 8.05. The first kappa shape index (κ1) is 17.9. The highest BCUT2D eigenvalue weighted by atomic mass is 16.1. The van der Waals surface area contributed by atoms with E-state index in [0.29, 0.717) is 12.0 Å². The number of para-hydroxylation sites is 1. The van der Waals surface area contributed by atoms with Gasteiger partial charge in [0, 0.05) is 25.7 Å². The summed E-state index contributed by atoms with van der Waals surface area (Å²) in [6.45, 7) is 5.59. The Balaban J connectivity index is 1.45. The van der Waals surface area contributed by atoms with Gasteiger partial charge in [0.2, 0.25) is 0 Å². The average molecular weight is 361 g/mol. The van der Waals surface area contributed by atoms with Gasteiger partial charge >= 0.3 is 0 Å². The van der Waals surface area contributed by atoms with Crippen LogP contribution in [0.25, 0.3) is 10.9 Å². The molecule has 27 heavy (non-hydrogen) atoms. The molecule has 0 bridgehead atoms. The minimum Gasteiger partial charge on any atom is -0.328 e. The highest BCUT2D eigenvalue weighted by Gasteiger charge is 2.23. The first-order valence-electron chi connectivity index (χ1n) is 9.99. The Labute approximate surface area is 160 Å². The van der Waals surface area contributed by atoms with Gasteiger partial charge in [-0.1, -0.05) is 49.4 Å². The van der Waals surface area contributed by atoms with Crippen LogP contribution in [0.3, 0.4) is 0 Å². The Bertz CT molecular complexity index is 942. The molecule has 1 unspecified atom stereocenters. The maximum atomic E-state index is 12.0. The van der Waals surface area contributed by atoms with Gasteiger partial charge in [0.05, 0.1) is 17.2 Å².